The van der Waals surface area contributed by atoms with E-state index in [0.29, 0.717) is 22.5 Å². The number of nitriles is 1. The van der Waals surface area contributed by atoms with Crippen molar-refractivity contribution >= 4 is 11.0 Å². The Balaban J connectivity index is 1.53. The van der Waals surface area contributed by atoms with Gasteiger partial charge in [0.05, 0.1) is 11.6 Å². The van der Waals surface area contributed by atoms with Crippen LogP contribution in [0.5, 0.6) is 5.75 Å². The Kier molecular flexibility index (Phi) is 4.19. The molecular formula is C21H17NO4. The summed E-state index contributed by atoms with van der Waals surface area (Å²) in [6.07, 6.45) is 1.84. The highest BCUT2D eigenvalue weighted by Gasteiger charge is 2.19. The number of aliphatic hydroxyl groups excluding tert-OH is 1. The van der Waals surface area contributed by atoms with Gasteiger partial charge in [-0.05, 0) is 54.7 Å². The second-order valence-electron chi connectivity index (χ2n) is 6.42. The van der Waals surface area contributed by atoms with E-state index in [1.807, 2.05) is 18.2 Å². The van der Waals surface area contributed by atoms with E-state index < -0.39 is 6.10 Å². The van der Waals surface area contributed by atoms with Crippen LogP contribution in [-0.2, 0) is 12.8 Å². The summed E-state index contributed by atoms with van der Waals surface area (Å²) in [6.45, 7) is 0.0621. The highest BCUT2D eigenvalue weighted by atomic mass is 16.5. The van der Waals surface area contributed by atoms with Gasteiger partial charge in [0.25, 0.3) is 0 Å². The van der Waals surface area contributed by atoms with E-state index in [0.717, 1.165) is 35.8 Å². The number of aryl methyl sites for hydroxylation is 1. The van der Waals surface area contributed by atoms with Crippen molar-refractivity contribution < 1.29 is 14.3 Å². The van der Waals surface area contributed by atoms with Gasteiger partial charge in [-0.3, -0.25) is 0 Å². The summed E-state index contributed by atoms with van der Waals surface area (Å²) in [5, 5.41) is 20.0. The molecular weight excluding hydrogens is 330 g/mol. The maximum atomic E-state index is 12.1. The van der Waals surface area contributed by atoms with Crippen molar-refractivity contribution in [1.29, 1.82) is 5.26 Å². The fourth-order valence-electron chi connectivity index (χ4n) is 3.41. The van der Waals surface area contributed by atoms with Gasteiger partial charge in [0, 0.05) is 17.0 Å². The molecule has 0 amide bonds. The quantitative estimate of drug-likeness (QED) is 0.732. The van der Waals surface area contributed by atoms with Crippen molar-refractivity contribution in [3.05, 3.63) is 75.1 Å². The molecule has 0 spiro atoms. The van der Waals surface area contributed by atoms with Gasteiger partial charge in [0.1, 0.15) is 24.0 Å². The first-order valence-electron chi connectivity index (χ1n) is 8.55. The molecule has 1 unspecified atom stereocenters. The van der Waals surface area contributed by atoms with Gasteiger partial charge in [0.2, 0.25) is 0 Å². The summed E-state index contributed by atoms with van der Waals surface area (Å²) in [6, 6.07) is 14.2. The zero-order valence-electron chi connectivity index (χ0n) is 14.1. The largest absolute Gasteiger partial charge is 0.490 e. The SMILES string of the molecule is N#Cc1ccc(C(O)COc2ccc3c4c(c(=O)oc3c2)CCC4)cc1. The van der Waals surface area contributed by atoms with Crippen LogP contribution in [0.2, 0.25) is 0 Å². The Morgan fingerprint density at radius 1 is 1.15 bits per heavy atom. The van der Waals surface area contributed by atoms with E-state index in [4.69, 9.17) is 14.4 Å². The van der Waals surface area contributed by atoms with Crippen LogP contribution in [-0.4, -0.2) is 11.7 Å². The Morgan fingerprint density at radius 2 is 1.92 bits per heavy atom. The van der Waals surface area contributed by atoms with E-state index in [1.165, 1.54) is 0 Å². The highest BCUT2D eigenvalue weighted by molar-refractivity contribution is 5.83. The van der Waals surface area contributed by atoms with Crippen molar-refractivity contribution in [2.45, 2.75) is 25.4 Å². The third-order valence-corrected chi connectivity index (χ3v) is 4.78. The average Bonchev–Trinajstić information content (AvgIpc) is 3.17. The Bertz CT molecular complexity index is 1060. The van der Waals surface area contributed by atoms with Crippen molar-refractivity contribution in [1.82, 2.24) is 0 Å². The van der Waals surface area contributed by atoms with Crippen molar-refractivity contribution in [3.63, 3.8) is 0 Å². The molecule has 5 heteroatoms. The third kappa shape index (κ3) is 2.96. The monoisotopic (exact) mass is 347 g/mol. The second-order valence-corrected chi connectivity index (χ2v) is 6.42. The number of ether oxygens (including phenoxy) is 1. The molecule has 0 saturated carbocycles. The molecule has 0 radical (unpaired) electrons. The maximum Gasteiger partial charge on any atom is 0.339 e. The maximum absolute atomic E-state index is 12.1. The molecule has 26 heavy (non-hydrogen) atoms. The number of aliphatic hydroxyl groups is 1. The van der Waals surface area contributed by atoms with Crippen molar-refractivity contribution in [3.8, 4) is 11.8 Å². The molecule has 0 fully saturated rings. The number of nitrogens with zero attached hydrogens (tertiary/aromatic N) is 1. The highest BCUT2D eigenvalue weighted by Crippen LogP contribution is 2.30. The van der Waals surface area contributed by atoms with E-state index in [9.17, 15) is 9.90 Å². The van der Waals surface area contributed by atoms with Gasteiger partial charge < -0.3 is 14.3 Å². The van der Waals surface area contributed by atoms with Gasteiger partial charge in [-0.1, -0.05) is 12.1 Å². The number of hydrogen-bond acceptors (Lipinski definition) is 5. The fraction of sp³-hybridized carbons (Fsp3) is 0.238. The van der Waals surface area contributed by atoms with E-state index in [-0.39, 0.29) is 12.2 Å². The summed E-state index contributed by atoms with van der Waals surface area (Å²) in [5.41, 5.74) is 3.34. The lowest BCUT2D eigenvalue weighted by molar-refractivity contribution is 0.108. The molecule has 1 aliphatic rings. The summed E-state index contributed by atoms with van der Waals surface area (Å²) >= 11 is 0. The molecule has 1 aromatic heterocycles. The normalized spacial score (nSPS) is 14.0. The summed E-state index contributed by atoms with van der Waals surface area (Å²) < 4.78 is 11.1. The van der Waals surface area contributed by atoms with Crippen LogP contribution in [0.4, 0.5) is 0 Å². The molecule has 4 rings (SSSR count). The summed E-state index contributed by atoms with van der Waals surface area (Å²) in [5.74, 6) is 0.534. The molecule has 2 aromatic carbocycles. The second kappa shape index (κ2) is 6.66. The van der Waals surface area contributed by atoms with Crippen LogP contribution >= 0.6 is 0 Å². The molecule has 130 valence electrons. The van der Waals surface area contributed by atoms with Gasteiger partial charge in [0.15, 0.2) is 0 Å². The first-order chi connectivity index (χ1) is 12.7. The van der Waals surface area contributed by atoms with Gasteiger partial charge in [-0.25, -0.2) is 4.79 Å². The lowest BCUT2D eigenvalue weighted by Gasteiger charge is -2.13. The fourth-order valence-corrected chi connectivity index (χ4v) is 3.41. The molecule has 0 saturated heterocycles. The smallest absolute Gasteiger partial charge is 0.339 e. The van der Waals surface area contributed by atoms with E-state index >= 15 is 0 Å². The van der Waals surface area contributed by atoms with E-state index in [2.05, 4.69) is 0 Å². The van der Waals surface area contributed by atoms with Gasteiger partial charge in [-0.2, -0.15) is 5.26 Å². The lowest BCUT2D eigenvalue weighted by Crippen LogP contribution is -2.10. The number of hydrogen-bond donors (Lipinski definition) is 1. The van der Waals surface area contributed by atoms with Crippen molar-refractivity contribution in [2.75, 3.05) is 6.61 Å². The molecule has 1 aliphatic carbocycles. The Labute approximate surface area is 150 Å². The molecule has 3 aromatic rings. The van der Waals surface area contributed by atoms with Gasteiger partial charge >= 0.3 is 5.63 Å². The van der Waals surface area contributed by atoms with Crippen LogP contribution in [0, 0.1) is 11.3 Å². The first kappa shape index (κ1) is 16.4. The standard InChI is InChI=1S/C21H17NO4/c22-11-13-4-6-14(7-5-13)19(23)12-25-15-8-9-17-16-2-1-3-18(16)21(24)26-20(17)10-15/h4-10,19,23H,1-3,12H2. The number of benzene rings is 2. The molecule has 0 bridgehead atoms. The lowest BCUT2D eigenvalue weighted by atomic mass is 10.1. The average molecular weight is 347 g/mol. The number of fused-ring (bicyclic) bond motifs is 3. The van der Waals surface area contributed by atoms with Crippen LogP contribution in [0.1, 0.15) is 34.8 Å². The summed E-state index contributed by atoms with van der Waals surface area (Å²) in [4.78, 5) is 12.1. The Hall–Kier alpha value is -3.10. The minimum atomic E-state index is -0.814. The Morgan fingerprint density at radius 3 is 2.69 bits per heavy atom. The minimum Gasteiger partial charge on any atom is -0.490 e. The topological polar surface area (TPSA) is 83.5 Å². The molecule has 0 aliphatic heterocycles. The minimum absolute atomic E-state index is 0.0621. The predicted molar refractivity (Wildman–Crippen MR) is 96.1 cm³/mol. The molecule has 1 N–H and O–H groups in total. The third-order valence-electron chi connectivity index (χ3n) is 4.78. The first-order valence-corrected chi connectivity index (χ1v) is 8.55. The molecule has 1 atom stereocenters. The van der Waals surface area contributed by atoms with Crippen LogP contribution in [0.3, 0.4) is 0 Å². The zero-order valence-corrected chi connectivity index (χ0v) is 14.1. The van der Waals surface area contributed by atoms with Crippen molar-refractivity contribution in [2.24, 2.45) is 0 Å². The predicted octanol–water partition coefficient (Wildman–Crippen LogP) is 3.27. The van der Waals surface area contributed by atoms with Crippen LogP contribution in [0.15, 0.2) is 51.7 Å². The summed E-state index contributed by atoms with van der Waals surface area (Å²) in [7, 11) is 0. The molecule has 5 nitrogen and oxygen atoms in total. The zero-order chi connectivity index (χ0) is 18.1. The molecule has 1 heterocycles. The van der Waals surface area contributed by atoms with Crippen LogP contribution in [0.25, 0.3) is 11.0 Å². The number of rotatable bonds is 4. The van der Waals surface area contributed by atoms with Gasteiger partial charge in [-0.15, -0.1) is 0 Å². The van der Waals surface area contributed by atoms with Crippen LogP contribution < -0.4 is 10.4 Å². The van der Waals surface area contributed by atoms with E-state index in [1.54, 1.807) is 30.3 Å².